The maximum absolute atomic E-state index is 4.27. The standard InChI is InChI=1S/C9H12N4/c1-7-8(4-13(3)11-7)9-5-12(2)6-10-9/h4-6H,1-3H3. The molecule has 0 saturated carbocycles. The average Bonchev–Trinajstić information content (AvgIpc) is 2.58. The van der Waals surface area contributed by atoms with Crippen molar-refractivity contribution in [2.24, 2.45) is 14.1 Å². The zero-order chi connectivity index (χ0) is 9.42. The molecule has 0 aliphatic carbocycles. The Balaban J connectivity index is 2.51. The van der Waals surface area contributed by atoms with Crippen molar-refractivity contribution in [3.8, 4) is 11.3 Å². The van der Waals surface area contributed by atoms with Crippen LogP contribution in [0, 0.1) is 6.92 Å². The van der Waals surface area contributed by atoms with Crippen molar-refractivity contribution in [1.29, 1.82) is 0 Å². The van der Waals surface area contributed by atoms with Crippen molar-refractivity contribution in [2.75, 3.05) is 0 Å². The third-order valence-corrected chi connectivity index (χ3v) is 1.99. The predicted molar refractivity (Wildman–Crippen MR) is 50.1 cm³/mol. The van der Waals surface area contributed by atoms with E-state index >= 15 is 0 Å². The van der Waals surface area contributed by atoms with Crippen LogP contribution in [0.5, 0.6) is 0 Å². The summed E-state index contributed by atoms with van der Waals surface area (Å²) < 4.78 is 3.74. The second-order valence-electron chi connectivity index (χ2n) is 3.23. The van der Waals surface area contributed by atoms with E-state index in [1.807, 2.05) is 38.0 Å². The van der Waals surface area contributed by atoms with Gasteiger partial charge in [0.15, 0.2) is 0 Å². The fourth-order valence-electron chi connectivity index (χ4n) is 1.40. The smallest absolute Gasteiger partial charge is 0.0951 e. The number of nitrogens with zero attached hydrogens (tertiary/aromatic N) is 4. The van der Waals surface area contributed by atoms with Gasteiger partial charge in [0.05, 0.1) is 17.7 Å². The van der Waals surface area contributed by atoms with Crippen LogP contribution in [0.2, 0.25) is 0 Å². The molecule has 0 radical (unpaired) electrons. The Morgan fingerprint density at radius 1 is 1.23 bits per heavy atom. The van der Waals surface area contributed by atoms with E-state index in [0.717, 1.165) is 17.0 Å². The summed E-state index contributed by atoms with van der Waals surface area (Å²) in [5, 5.41) is 4.26. The molecule has 0 aromatic carbocycles. The molecular weight excluding hydrogens is 164 g/mol. The van der Waals surface area contributed by atoms with Crippen LogP contribution < -0.4 is 0 Å². The molecule has 68 valence electrons. The van der Waals surface area contributed by atoms with Crippen LogP contribution in [-0.2, 0) is 14.1 Å². The van der Waals surface area contributed by atoms with Crippen LogP contribution in [-0.4, -0.2) is 19.3 Å². The molecule has 2 heterocycles. The molecule has 0 fully saturated rings. The molecule has 0 aliphatic heterocycles. The largest absolute Gasteiger partial charge is 0.340 e. The summed E-state index contributed by atoms with van der Waals surface area (Å²) in [7, 11) is 3.88. The fourth-order valence-corrected chi connectivity index (χ4v) is 1.40. The molecule has 4 heteroatoms. The molecule has 4 nitrogen and oxygen atoms in total. The minimum atomic E-state index is 0.980. The Morgan fingerprint density at radius 3 is 2.46 bits per heavy atom. The highest BCUT2D eigenvalue weighted by atomic mass is 15.2. The van der Waals surface area contributed by atoms with Gasteiger partial charge in [0.25, 0.3) is 0 Å². The number of hydrogen-bond acceptors (Lipinski definition) is 2. The lowest BCUT2D eigenvalue weighted by atomic mass is 10.2. The summed E-state index contributed by atoms with van der Waals surface area (Å²) in [6.45, 7) is 1.99. The SMILES string of the molecule is Cc1nn(C)cc1-c1cn(C)cn1. The van der Waals surface area contributed by atoms with Gasteiger partial charge in [0, 0.05) is 32.1 Å². The Kier molecular flexibility index (Phi) is 1.69. The molecule has 2 aromatic heterocycles. The molecule has 0 atom stereocenters. The lowest BCUT2D eigenvalue weighted by Crippen LogP contribution is -1.86. The third-order valence-electron chi connectivity index (χ3n) is 1.99. The van der Waals surface area contributed by atoms with E-state index in [0.29, 0.717) is 0 Å². The van der Waals surface area contributed by atoms with E-state index in [9.17, 15) is 0 Å². The molecule has 0 amide bonds. The van der Waals surface area contributed by atoms with Crippen LogP contribution in [0.3, 0.4) is 0 Å². The lowest BCUT2D eigenvalue weighted by molar-refractivity contribution is 0.756. The van der Waals surface area contributed by atoms with Gasteiger partial charge in [-0.2, -0.15) is 5.10 Å². The molecule has 0 unspecified atom stereocenters. The maximum atomic E-state index is 4.27. The molecular formula is C9H12N4. The monoisotopic (exact) mass is 176 g/mol. The molecule has 13 heavy (non-hydrogen) atoms. The van der Waals surface area contributed by atoms with Gasteiger partial charge >= 0.3 is 0 Å². The summed E-state index contributed by atoms with van der Waals surface area (Å²) >= 11 is 0. The minimum Gasteiger partial charge on any atom is -0.340 e. The molecule has 0 N–H and O–H groups in total. The van der Waals surface area contributed by atoms with E-state index < -0.39 is 0 Å². The van der Waals surface area contributed by atoms with Crippen LogP contribution in [0.4, 0.5) is 0 Å². The maximum Gasteiger partial charge on any atom is 0.0951 e. The Morgan fingerprint density at radius 2 is 2.00 bits per heavy atom. The van der Waals surface area contributed by atoms with Gasteiger partial charge in [-0.3, -0.25) is 4.68 Å². The first kappa shape index (κ1) is 8.04. The van der Waals surface area contributed by atoms with Crippen LogP contribution in [0.15, 0.2) is 18.7 Å². The highest BCUT2D eigenvalue weighted by Crippen LogP contribution is 2.19. The first-order chi connectivity index (χ1) is 6.16. The first-order valence-corrected chi connectivity index (χ1v) is 4.15. The van der Waals surface area contributed by atoms with Gasteiger partial charge < -0.3 is 4.57 Å². The van der Waals surface area contributed by atoms with E-state index in [-0.39, 0.29) is 0 Å². The van der Waals surface area contributed by atoms with Crippen molar-refractivity contribution >= 4 is 0 Å². The number of imidazole rings is 1. The van der Waals surface area contributed by atoms with Crippen molar-refractivity contribution in [3.05, 3.63) is 24.4 Å². The minimum absolute atomic E-state index is 0.980. The van der Waals surface area contributed by atoms with Gasteiger partial charge in [0.2, 0.25) is 0 Å². The number of aryl methyl sites for hydroxylation is 3. The van der Waals surface area contributed by atoms with E-state index in [1.165, 1.54) is 0 Å². The van der Waals surface area contributed by atoms with Crippen LogP contribution in [0.25, 0.3) is 11.3 Å². The van der Waals surface area contributed by atoms with Gasteiger partial charge in [-0.1, -0.05) is 0 Å². The Labute approximate surface area is 76.8 Å². The van der Waals surface area contributed by atoms with E-state index in [4.69, 9.17) is 0 Å². The molecule has 0 bridgehead atoms. The first-order valence-electron chi connectivity index (χ1n) is 4.15. The summed E-state index contributed by atoms with van der Waals surface area (Å²) in [5.74, 6) is 0. The predicted octanol–water partition coefficient (Wildman–Crippen LogP) is 1.13. The summed E-state index contributed by atoms with van der Waals surface area (Å²) in [5.41, 5.74) is 3.09. The summed E-state index contributed by atoms with van der Waals surface area (Å²) in [6, 6.07) is 0. The number of hydrogen-bond donors (Lipinski definition) is 0. The van der Waals surface area contributed by atoms with Gasteiger partial charge in [-0.25, -0.2) is 4.98 Å². The number of rotatable bonds is 1. The normalized spacial score (nSPS) is 10.7. The van der Waals surface area contributed by atoms with Crippen LogP contribution >= 0.6 is 0 Å². The van der Waals surface area contributed by atoms with Crippen molar-refractivity contribution in [2.45, 2.75) is 6.92 Å². The fraction of sp³-hybridized carbons (Fsp3) is 0.333. The van der Waals surface area contributed by atoms with Gasteiger partial charge in [-0.05, 0) is 6.92 Å². The van der Waals surface area contributed by atoms with Crippen molar-refractivity contribution in [3.63, 3.8) is 0 Å². The zero-order valence-corrected chi connectivity index (χ0v) is 8.02. The number of aromatic nitrogens is 4. The van der Waals surface area contributed by atoms with Crippen molar-refractivity contribution < 1.29 is 0 Å². The zero-order valence-electron chi connectivity index (χ0n) is 8.02. The summed E-state index contributed by atoms with van der Waals surface area (Å²) in [4.78, 5) is 4.27. The molecule has 2 aromatic rings. The van der Waals surface area contributed by atoms with E-state index in [1.54, 1.807) is 11.0 Å². The molecule has 0 spiro atoms. The Bertz CT molecular complexity index is 425. The highest BCUT2D eigenvalue weighted by molar-refractivity contribution is 5.59. The molecule has 0 aliphatic rings. The quantitative estimate of drug-likeness (QED) is 0.653. The highest BCUT2D eigenvalue weighted by Gasteiger charge is 2.07. The second-order valence-corrected chi connectivity index (χ2v) is 3.23. The van der Waals surface area contributed by atoms with E-state index in [2.05, 4.69) is 10.1 Å². The van der Waals surface area contributed by atoms with Crippen LogP contribution in [0.1, 0.15) is 5.69 Å². The summed E-state index contributed by atoms with van der Waals surface area (Å²) in [6.07, 6.45) is 5.77. The Hall–Kier alpha value is -1.58. The third kappa shape index (κ3) is 1.35. The lowest BCUT2D eigenvalue weighted by Gasteiger charge is -1.89. The molecule has 0 saturated heterocycles. The molecule has 2 rings (SSSR count). The second kappa shape index (κ2) is 2.73. The topological polar surface area (TPSA) is 35.6 Å². The van der Waals surface area contributed by atoms with Crippen molar-refractivity contribution in [1.82, 2.24) is 19.3 Å². The average molecular weight is 176 g/mol. The van der Waals surface area contributed by atoms with Gasteiger partial charge in [-0.15, -0.1) is 0 Å². The van der Waals surface area contributed by atoms with Gasteiger partial charge in [0.1, 0.15) is 0 Å².